The Labute approximate surface area is 113 Å². The first kappa shape index (κ1) is 15.4. The summed E-state index contributed by atoms with van der Waals surface area (Å²) < 4.78 is 31.2. The summed E-state index contributed by atoms with van der Waals surface area (Å²) in [5.74, 6) is 0.102. The van der Waals surface area contributed by atoms with Crippen molar-refractivity contribution in [3.63, 3.8) is 0 Å². The van der Waals surface area contributed by atoms with Crippen LogP contribution in [0.5, 0.6) is 0 Å². The number of alkyl halides is 1. The molecule has 0 saturated heterocycles. The number of sulfonamides is 1. The predicted octanol–water partition coefficient (Wildman–Crippen LogP) is 1.99. The second kappa shape index (κ2) is 7.71. The van der Waals surface area contributed by atoms with Crippen LogP contribution in [0.3, 0.4) is 0 Å². The van der Waals surface area contributed by atoms with E-state index in [1.807, 2.05) is 6.92 Å². The molecule has 0 aromatic heterocycles. The lowest BCUT2D eigenvalue weighted by Gasteiger charge is -2.27. The topological polar surface area (TPSA) is 46.6 Å². The predicted molar refractivity (Wildman–Crippen MR) is 73.0 cm³/mol. The Kier molecular flexibility index (Phi) is 6.99. The second-order valence-electron chi connectivity index (χ2n) is 4.25. The summed E-state index contributed by atoms with van der Waals surface area (Å²) in [6, 6.07) is 0.208. The molecule has 17 heavy (non-hydrogen) atoms. The third kappa shape index (κ3) is 4.85. The van der Waals surface area contributed by atoms with E-state index < -0.39 is 10.0 Å². The highest BCUT2D eigenvalue weighted by atomic mass is 79.9. The van der Waals surface area contributed by atoms with Crippen LogP contribution in [0.2, 0.25) is 0 Å². The van der Waals surface area contributed by atoms with Crippen molar-refractivity contribution in [1.29, 1.82) is 0 Å². The fourth-order valence-corrected chi connectivity index (χ4v) is 4.46. The molecular weight excluding hydrogens is 306 g/mol. The third-order valence-electron chi connectivity index (χ3n) is 3.08. The summed E-state index contributed by atoms with van der Waals surface area (Å²) in [5.41, 5.74) is 0. The molecule has 1 rings (SSSR count). The number of rotatable bonds is 8. The SMILES string of the molecule is CCOCCS(=O)(=O)N(CCBr)C1CCCC1. The van der Waals surface area contributed by atoms with Gasteiger partial charge in [0.15, 0.2) is 0 Å². The molecule has 0 atom stereocenters. The molecule has 0 amide bonds. The van der Waals surface area contributed by atoms with Gasteiger partial charge < -0.3 is 4.74 Å². The van der Waals surface area contributed by atoms with Gasteiger partial charge in [0.25, 0.3) is 0 Å². The highest BCUT2D eigenvalue weighted by Gasteiger charge is 2.30. The number of hydrogen-bond acceptors (Lipinski definition) is 3. The Morgan fingerprint density at radius 1 is 1.35 bits per heavy atom. The fourth-order valence-electron chi connectivity index (χ4n) is 2.25. The Bertz CT molecular complexity index is 302. The van der Waals surface area contributed by atoms with Crippen molar-refractivity contribution in [3.05, 3.63) is 0 Å². The van der Waals surface area contributed by atoms with Gasteiger partial charge in [-0.15, -0.1) is 0 Å². The summed E-state index contributed by atoms with van der Waals surface area (Å²) in [5, 5.41) is 0.692. The normalized spacial score (nSPS) is 18.1. The molecular formula is C11H22BrNO3S. The molecule has 0 aliphatic heterocycles. The largest absolute Gasteiger partial charge is 0.381 e. The zero-order valence-electron chi connectivity index (χ0n) is 10.4. The first-order chi connectivity index (χ1) is 8.11. The quantitative estimate of drug-likeness (QED) is 0.506. The molecule has 0 heterocycles. The lowest BCUT2D eigenvalue weighted by Crippen LogP contribution is -2.42. The van der Waals surface area contributed by atoms with Gasteiger partial charge in [0, 0.05) is 24.5 Å². The summed E-state index contributed by atoms with van der Waals surface area (Å²) in [6.45, 7) is 3.31. The van der Waals surface area contributed by atoms with E-state index in [1.165, 1.54) is 0 Å². The van der Waals surface area contributed by atoms with Gasteiger partial charge in [-0.05, 0) is 19.8 Å². The summed E-state index contributed by atoms with van der Waals surface area (Å²) in [7, 11) is -3.16. The highest BCUT2D eigenvalue weighted by Crippen LogP contribution is 2.25. The number of halogens is 1. The minimum atomic E-state index is -3.16. The van der Waals surface area contributed by atoms with Crippen LogP contribution < -0.4 is 0 Å². The first-order valence-corrected chi connectivity index (χ1v) is 8.98. The first-order valence-electron chi connectivity index (χ1n) is 6.25. The van der Waals surface area contributed by atoms with Crippen LogP contribution >= 0.6 is 15.9 Å². The van der Waals surface area contributed by atoms with Crippen LogP contribution in [0.1, 0.15) is 32.6 Å². The van der Waals surface area contributed by atoms with Gasteiger partial charge in [-0.3, -0.25) is 0 Å². The van der Waals surface area contributed by atoms with Gasteiger partial charge in [0.2, 0.25) is 10.0 Å². The van der Waals surface area contributed by atoms with Gasteiger partial charge >= 0.3 is 0 Å². The van der Waals surface area contributed by atoms with E-state index in [2.05, 4.69) is 15.9 Å². The molecule has 1 aliphatic carbocycles. The Morgan fingerprint density at radius 3 is 2.53 bits per heavy atom. The molecule has 0 radical (unpaired) electrons. The number of nitrogens with zero attached hydrogens (tertiary/aromatic N) is 1. The Balaban J connectivity index is 2.60. The monoisotopic (exact) mass is 327 g/mol. The van der Waals surface area contributed by atoms with E-state index >= 15 is 0 Å². The molecule has 6 heteroatoms. The lowest BCUT2D eigenvalue weighted by molar-refractivity contribution is 0.162. The van der Waals surface area contributed by atoms with Gasteiger partial charge in [0.1, 0.15) is 0 Å². The average Bonchev–Trinajstić information content (AvgIpc) is 2.79. The molecule has 102 valence electrons. The van der Waals surface area contributed by atoms with Gasteiger partial charge in [0.05, 0.1) is 12.4 Å². The zero-order valence-corrected chi connectivity index (χ0v) is 12.8. The summed E-state index contributed by atoms with van der Waals surface area (Å²) in [4.78, 5) is 0. The maximum atomic E-state index is 12.2. The van der Waals surface area contributed by atoms with E-state index in [0.717, 1.165) is 25.7 Å². The lowest BCUT2D eigenvalue weighted by atomic mass is 10.2. The zero-order chi connectivity index (χ0) is 12.7. The van der Waals surface area contributed by atoms with E-state index in [0.29, 0.717) is 25.1 Å². The smallest absolute Gasteiger partial charge is 0.216 e. The maximum Gasteiger partial charge on any atom is 0.216 e. The van der Waals surface area contributed by atoms with Crippen LogP contribution in [-0.2, 0) is 14.8 Å². The number of hydrogen-bond donors (Lipinski definition) is 0. The Morgan fingerprint density at radius 2 is 2.00 bits per heavy atom. The minimum absolute atomic E-state index is 0.102. The summed E-state index contributed by atoms with van der Waals surface area (Å²) in [6.07, 6.45) is 4.29. The number of ether oxygens (including phenoxy) is 1. The third-order valence-corrected chi connectivity index (χ3v) is 5.32. The average molecular weight is 328 g/mol. The second-order valence-corrected chi connectivity index (χ2v) is 7.09. The fraction of sp³-hybridized carbons (Fsp3) is 1.00. The van der Waals surface area contributed by atoms with E-state index in [1.54, 1.807) is 4.31 Å². The van der Waals surface area contributed by atoms with E-state index in [-0.39, 0.29) is 11.8 Å². The molecule has 0 N–H and O–H groups in total. The van der Waals surface area contributed by atoms with Crippen molar-refractivity contribution >= 4 is 26.0 Å². The van der Waals surface area contributed by atoms with Crippen molar-refractivity contribution in [1.82, 2.24) is 4.31 Å². The van der Waals surface area contributed by atoms with Crippen LogP contribution in [0.15, 0.2) is 0 Å². The van der Waals surface area contributed by atoms with Crippen molar-refractivity contribution in [2.45, 2.75) is 38.6 Å². The molecule has 1 aliphatic rings. The molecule has 4 nitrogen and oxygen atoms in total. The van der Waals surface area contributed by atoms with Crippen molar-refractivity contribution in [2.24, 2.45) is 0 Å². The molecule has 0 aromatic rings. The van der Waals surface area contributed by atoms with E-state index in [4.69, 9.17) is 4.74 Å². The van der Waals surface area contributed by atoms with Crippen LogP contribution in [0, 0.1) is 0 Å². The Hall–Kier alpha value is 0.350. The van der Waals surface area contributed by atoms with Crippen LogP contribution in [-0.4, -0.2) is 49.6 Å². The molecule has 0 spiro atoms. The van der Waals surface area contributed by atoms with Crippen molar-refractivity contribution in [3.8, 4) is 0 Å². The standard InChI is InChI=1S/C11H22BrNO3S/c1-2-16-9-10-17(14,15)13(8-7-12)11-5-3-4-6-11/h11H,2-10H2,1H3. The molecule has 0 unspecified atom stereocenters. The molecule has 0 aromatic carbocycles. The highest BCUT2D eigenvalue weighted by molar-refractivity contribution is 9.09. The minimum Gasteiger partial charge on any atom is -0.381 e. The van der Waals surface area contributed by atoms with Crippen molar-refractivity contribution in [2.75, 3.05) is 30.8 Å². The van der Waals surface area contributed by atoms with E-state index in [9.17, 15) is 8.42 Å². The molecule has 1 saturated carbocycles. The molecule has 0 bridgehead atoms. The van der Waals surface area contributed by atoms with Gasteiger partial charge in [-0.1, -0.05) is 28.8 Å². The summed E-state index contributed by atoms with van der Waals surface area (Å²) >= 11 is 3.33. The van der Waals surface area contributed by atoms with Crippen LogP contribution in [0.25, 0.3) is 0 Å². The molecule has 1 fully saturated rings. The maximum absolute atomic E-state index is 12.2. The van der Waals surface area contributed by atoms with Crippen LogP contribution in [0.4, 0.5) is 0 Å². The van der Waals surface area contributed by atoms with Crippen molar-refractivity contribution < 1.29 is 13.2 Å². The van der Waals surface area contributed by atoms with Gasteiger partial charge in [-0.2, -0.15) is 4.31 Å². The van der Waals surface area contributed by atoms with Gasteiger partial charge in [-0.25, -0.2) is 8.42 Å².